The largest absolute Gasteiger partial charge is 0.301 e. The first kappa shape index (κ1) is 11.8. The zero-order valence-corrected chi connectivity index (χ0v) is 11.7. The number of aryl methyl sites for hydroxylation is 3. The summed E-state index contributed by atoms with van der Waals surface area (Å²) in [5.74, 6) is 0.855. The van der Waals surface area contributed by atoms with E-state index >= 15 is 0 Å². The number of aromatic nitrogens is 2. The molecular formula is C16H22N2. The molecule has 0 N–H and O–H groups in total. The van der Waals surface area contributed by atoms with Gasteiger partial charge in [0.05, 0.1) is 5.69 Å². The van der Waals surface area contributed by atoms with Crippen LogP contribution in [0.5, 0.6) is 0 Å². The van der Waals surface area contributed by atoms with E-state index in [4.69, 9.17) is 4.98 Å². The second kappa shape index (κ2) is 4.42. The number of hydrogen-bond donors (Lipinski definition) is 0. The highest BCUT2D eigenvalue weighted by atomic mass is 15.0. The van der Waals surface area contributed by atoms with Crippen LogP contribution in [0.4, 0.5) is 0 Å². The van der Waals surface area contributed by atoms with Gasteiger partial charge in [-0.3, -0.25) is 0 Å². The lowest BCUT2D eigenvalue weighted by atomic mass is 9.87. The van der Waals surface area contributed by atoms with Crippen molar-refractivity contribution >= 4 is 5.65 Å². The standard InChI is InChI=1S/C16H22N2/c1-4-5-13-6-7-15-14(10-13)17-16-9-11(2)8-12(3)18(15)16/h8-9,13H,4-7,10H2,1-3H3. The van der Waals surface area contributed by atoms with Crippen molar-refractivity contribution < 1.29 is 0 Å². The minimum Gasteiger partial charge on any atom is -0.301 e. The van der Waals surface area contributed by atoms with E-state index in [0.717, 1.165) is 11.6 Å². The highest BCUT2D eigenvalue weighted by Gasteiger charge is 2.23. The van der Waals surface area contributed by atoms with E-state index in [1.54, 1.807) is 0 Å². The van der Waals surface area contributed by atoms with Crippen molar-refractivity contribution in [2.45, 2.75) is 52.9 Å². The van der Waals surface area contributed by atoms with Crippen molar-refractivity contribution in [1.29, 1.82) is 0 Å². The molecule has 96 valence electrons. The summed E-state index contributed by atoms with van der Waals surface area (Å²) in [7, 11) is 0. The molecule has 0 aliphatic heterocycles. The third-order valence-electron chi connectivity index (χ3n) is 4.20. The van der Waals surface area contributed by atoms with Crippen molar-refractivity contribution in [2.24, 2.45) is 5.92 Å². The van der Waals surface area contributed by atoms with Gasteiger partial charge >= 0.3 is 0 Å². The van der Waals surface area contributed by atoms with Gasteiger partial charge in [0.15, 0.2) is 0 Å². The molecule has 0 amide bonds. The number of nitrogens with zero attached hydrogens (tertiary/aromatic N) is 2. The lowest BCUT2D eigenvalue weighted by Crippen LogP contribution is -2.15. The van der Waals surface area contributed by atoms with Gasteiger partial charge in [-0.25, -0.2) is 4.98 Å². The maximum Gasteiger partial charge on any atom is 0.137 e. The maximum atomic E-state index is 4.87. The second-order valence-corrected chi connectivity index (χ2v) is 5.77. The van der Waals surface area contributed by atoms with Gasteiger partial charge in [-0.2, -0.15) is 0 Å². The summed E-state index contributed by atoms with van der Waals surface area (Å²) in [6, 6.07) is 4.47. The Morgan fingerprint density at radius 3 is 2.94 bits per heavy atom. The molecule has 2 aromatic heterocycles. The molecule has 1 aliphatic rings. The SMILES string of the molecule is CCCC1CCc2c(nc3cc(C)cc(C)n23)C1. The number of imidazole rings is 1. The van der Waals surface area contributed by atoms with Crippen molar-refractivity contribution in [3.8, 4) is 0 Å². The Balaban J connectivity index is 2.07. The van der Waals surface area contributed by atoms with Crippen LogP contribution in [0.3, 0.4) is 0 Å². The van der Waals surface area contributed by atoms with Crippen LogP contribution in [0.15, 0.2) is 12.1 Å². The lowest BCUT2D eigenvalue weighted by Gasteiger charge is -2.21. The van der Waals surface area contributed by atoms with E-state index < -0.39 is 0 Å². The first-order valence-corrected chi connectivity index (χ1v) is 7.16. The fourth-order valence-electron chi connectivity index (χ4n) is 3.44. The highest BCUT2D eigenvalue weighted by molar-refractivity contribution is 5.48. The fourth-order valence-corrected chi connectivity index (χ4v) is 3.44. The molecule has 0 bridgehead atoms. The third kappa shape index (κ3) is 1.84. The van der Waals surface area contributed by atoms with Gasteiger partial charge in [0, 0.05) is 11.4 Å². The second-order valence-electron chi connectivity index (χ2n) is 5.77. The molecule has 2 aromatic rings. The van der Waals surface area contributed by atoms with Crippen molar-refractivity contribution in [3.05, 3.63) is 34.8 Å². The average molecular weight is 242 g/mol. The average Bonchev–Trinajstić information content (AvgIpc) is 2.66. The molecule has 0 fully saturated rings. The molecule has 3 rings (SSSR count). The predicted molar refractivity (Wildman–Crippen MR) is 75.1 cm³/mol. The minimum atomic E-state index is 0.855. The van der Waals surface area contributed by atoms with Crippen LogP contribution in [0.25, 0.3) is 5.65 Å². The van der Waals surface area contributed by atoms with Gasteiger partial charge in [0.2, 0.25) is 0 Å². The zero-order valence-electron chi connectivity index (χ0n) is 11.7. The Labute approximate surface area is 109 Å². The van der Waals surface area contributed by atoms with E-state index in [2.05, 4.69) is 37.3 Å². The van der Waals surface area contributed by atoms with E-state index in [0.29, 0.717) is 0 Å². The fraction of sp³-hybridized carbons (Fsp3) is 0.562. The van der Waals surface area contributed by atoms with Crippen LogP contribution in [0.2, 0.25) is 0 Å². The van der Waals surface area contributed by atoms with E-state index in [1.165, 1.54) is 54.7 Å². The Morgan fingerprint density at radius 1 is 1.33 bits per heavy atom. The summed E-state index contributed by atoms with van der Waals surface area (Å²) in [6.07, 6.45) is 6.37. The van der Waals surface area contributed by atoms with E-state index in [-0.39, 0.29) is 0 Å². The van der Waals surface area contributed by atoms with E-state index in [9.17, 15) is 0 Å². The molecule has 1 atom stereocenters. The molecule has 0 spiro atoms. The molecule has 0 aromatic carbocycles. The molecule has 1 aliphatic carbocycles. The normalized spacial score (nSPS) is 19.2. The van der Waals surface area contributed by atoms with Crippen LogP contribution in [-0.4, -0.2) is 9.38 Å². The first-order valence-electron chi connectivity index (χ1n) is 7.16. The molecule has 0 radical (unpaired) electrons. The topological polar surface area (TPSA) is 17.3 Å². The highest BCUT2D eigenvalue weighted by Crippen LogP contribution is 2.29. The molecular weight excluding hydrogens is 220 g/mol. The van der Waals surface area contributed by atoms with Gasteiger partial charge in [-0.15, -0.1) is 0 Å². The van der Waals surface area contributed by atoms with Crippen LogP contribution in [-0.2, 0) is 12.8 Å². The van der Waals surface area contributed by atoms with Crippen LogP contribution in [0, 0.1) is 19.8 Å². The summed E-state index contributed by atoms with van der Waals surface area (Å²) >= 11 is 0. The van der Waals surface area contributed by atoms with Crippen LogP contribution < -0.4 is 0 Å². The van der Waals surface area contributed by atoms with Gasteiger partial charge in [0.25, 0.3) is 0 Å². The van der Waals surface area contributed by atoms with Crippen LogP contribution >= 0.6 is 0 Å². The summed E-state index contributed by atoms with van der Waals surface area (Å²) in [6.45, 7) is 6.63. The zero-order chi connectivity index (χ0) is 12.7. The molecule has 2 nitrogen and oxygen atoms in total. The summed E-state index contributed by atoms with van der Waals surface area (Å²) < 4.78 is 2.37. The third-order valence-corrected chi connectivity index (χ3v) is 4.20. The monoisotopic (exact) mass is 242 g/mol. The summed E-state index contributed by atoms with van der Waals surface area (Å²) in [5.41, 5.74) is 6.61. The Hall–Kier alpha value is -1.31. The number of hydrogen-bond acceptors (Lipinski definition) is 1. The van der Waals surface area contributed by atoms with Crippen LogP contribution in [0.1, 0.15) is 48.8 Å². The minimum absolute atomic E-state index is 0.855. The number of fused-ring (bicyclic) bond motifs is 3. The van der Waals surface area contributed by atoms with Crippen molar-refractivity contribution in [2.75, 3.05) is 0 Å². The van der Waals surface area contributed by atoms with Gasteiger partial charge in [0.1, 0.15) is 5.65 Å². The molecule has 1 unspecified atom stereocenters. The molecule has 0 saturated heterocycles. The quantitative estimate of drug-likeness (QED) is 0.781. The number of rotatable bonds is 2. The Kier molecular flexibility index (Phi) is 2.89. The van der Waals surface area contributed by atoms with Crippen molar-refractivity contribution in [1.82, 2.24) is 9.38 Å². The van der Waals surface area contributed by atoms with Crippen molar-refractivity contribution in [3.63, 3.8) is 0 Å². The van der Waals surface area contributed by atoms with Gasteiger partial charge in [-0.1, -0.05) is 19.8 Å². The molecule has 18 heavy (non-hydrogen) atoms. The summed E-state index contributed by atoms with van der Waals surface area (Å²) in [5, 5.41) is 0. The van der Waals surface area contributed by atoms with E-state index in [1.807, 2.05) is 0 Å². The number of pyridine rings is 1. The predicted octanol–water partition coefficient (Wildman–Crippen LogP) is 3.86. The first-order chi connectivity index (χ1) is 8.69. The van der Waals surface area contributed by atoms with Gasteiger partial charge in [-0.05, 0) is 56.7 Å². The smallest absolute Gasteiger partial charge is 0.137 e. The lowest BCUT2D eigenvalue weighted by molar-refractivity contribution is 0.415. The Morgan fingerprint density at radius 2 is 2.17 bits per heavy atom. The molecule has 2 heteroatoms. The molecule has 0 saturated carbocycles. The maximum absolute atomic E-state index is 4.87. The summed E-state index contributed by atoms with van der Waals surface area (Å²) in [4.78, 5) is 4.87. The Bertz CT molecular complexity index is 580. The van der Waals surface area contributed by atoms with Gasteiger partial charge < -0.3 is 4.40 Å². The molecule has 2 heterocycles.